The third kappa shape index (κ3) is 4.77. The molecule has 6 heteroatoms. The second-order valence-electron chi connectivity index (χ2n) is 4.60. The fourth-order valence-corrected chi connectivity index (χ4v) is 1.96. The number of nitrogens with zero attached hydrogens (tertiary/aromatic N) is 1. The van der Waals surface area contributed by atoms with Crippen LogP contribution in [0.2, 0.25) is 5.02 Å². The number of nitrogens with one attached hydrogen (secondary N) is 1. The van der Waals surface area contributed by atoms with Crippen molar-refractivity contribution in [3.05, 3.63) is 58.6 Å². The molecule has 2 rings (SSSR count). The van der Waals surface area contributed by atoms with Crippen molar-refractivity contribution < 1.29 is 14.3 Å². The fraction of sp³-hybridized carbons (Fsp3) is 0.111. The molecular weight excluding hydrogens is 328 g/mol. The quantitative estimate of drug-likeness (QED) is 0.498. The van der Waals surface area contributed by atoms with E-state index < -0.39 is 0 Å². The van der Waals surface area contributed by atoms with Crippen molar-refractivity contribution in [1.29, 1.82) is 0 Å². The van der Waals surface area contributed by atoms with Crippen LogP contribution in [0.5, 0.6) is 11.5 Å². The summed E-state index contributed by atoms with van der Waals surface area (Å²) in [6, 6.07) is 11.7. The molecule has 0 spiro atoms. The van der Waals surface area contributed by atoms with Crippen LogP contribution in [0, 0.1) is 12.3 Å². The van der Waals surface area contributed by atoms with Gasteiger partial charge in [-0.1, -0.05) is 17.5 Å². The lowest BCUT2D eigenvalue weighted by atomic mass is 10.2. The summed E-state index contributed by atoms with van der Waals surface area (Å²) in [6.45, 7) is 0.129. The molecular formula is C18H15ClN2O3. The van der Waals surface area contributed by atoms with Gasteiger partial charge in [0.15, 0.2) is 0 Å². The first-order valence-electron chi connectivity index (χ1n) is 6.97. The molecule has 24 heavy (non-hydrogen) atoms. The van der Waals surface area contributed by atoms with E-state index in [0.29, 0.717) is 27.6 Å². The number of hydrogen-bond donors (Lipinski definition) is 1. The molecule has 5 nitrogen and oxygen atoms in total. The maximum absolute atomic E-state index is 12.0. The van der Waals surface area contributed by atoms with Crippen molar-refractivity contribution in [1.82, 2.24) is 5.43 Å². The van der Waals surface area contributed by atoms with Crippen molar-refractivity contribution >= 4 is 23.7 Å². The van der Waals surface area contributed by atoms with Crippen molar-refractivity contribution in [2.75, 3.05) is 13.7 Å². The minimum atomic E-state index is -0.350. The van der Waals surface area contributed by atoms with Crippen LogP contribution >= 0.6 is 11.6 Å². The zero-order valence-electron chi connectivity index (χ0n) is 13.0. The summed E-state index contributed by atoms with van der Waals surface area (Å²) >= 11 is 5.79. The van der Waals surface area contributed by atoms with E-state index in [1.54, 1.807) is 49.6 Å². The number of rotatable bonds is 6. The first kappa shape index (κ1) is 17.4. The highest BCUT2D eigenvalue weighted by atomic mass is 35.5. The lowest BCUT2D eigenvalue weighted by Crippen LogP contribution is -2.17. The van der Waals surface area contributed by atoms with E-state index in [1.165, 1.54) is 6.21 Å². The number of halogens is 1. The highest BCUT2D eigenvalue weighted by Gasteiger charge is 2.06. The van der Waals surface area contributed by atoms with E-state index in [1.807, 2.05) is 0 Å². The minimum absolute atomic E-state index is 0.129. The first-order chi connectivity index (χ1) is 11.6. The smallest absolute Gasteiger partial charge is 0.271 e. The standard InChI is InChI=1S/C18H15ClN2O3/c1-3-10-24-17-9-8-16(23-2)11-14(17)12-20-21-18(22)13-4-6-15(19)7-5-13/h1,4-9,11-12H,10H2,2H3,(H,21,22)/b20-12-. The molecule has 0 aliphatic carbocycles. The highest BCUT2D eigenvalue weighted by molar-refractivity contribution is 6.30. The summed E-state index contributed by atoms with van der Waals surface area (Å²) in [5, 5.41) is 4.50. The van der Waals surface area contributed by atoms with Crippen molar-refractivity contribution in [2.24, 2.45) is 5.10 Å². The molecule has 0 aliphatic heterocycles. The predicted octanol–water partition coefficient (Wildman–Crippen LogP) is 3.12. The van der Waals surface area contributed by atoms with Gasteiger partial charge in [0.1, 0.15) is 18.1 Å². The molecule has 0 saturated carbocycles. The van der Waals surface area contributed by atoms with Crippen LogP contribution in [-0.4, -0.2) is 25.8 Å². The van der Waals surface area contributed by atoms with Crippen molar-refractivity contribution in [2.45, 2.75) is 0 Å². The Kier molecular flexibility index (Phi) is 6.23. The Labute approximate surface area is 145 Å². The lowest BCUT2D eigenvalue weighted by Gasteiger charge is -2.08. The zero-order valence-corrected chi connectivity index (χ0v) is 13.7. The zero-order chi connectivity index (χ0) is 17.4. The van der Waals surface area contributed by atoms with E-state index in [0.717, 1.165) is 0 Å². The fourth-order valence-electron chi connectivity index (χ4n) is 1.83. The molecule has 2 aromatic carbocycles. The number of amides is 1. The summed E-state index contributed by atoms with van der Waals surface area (Å²) in [6.07, 6.45) is 6.66. The third-order valence-corrected chi connectivity index (χ3v) is 3.26. The molecule has 0 saturated heterocycles. The normalized spacial score (nSPS) is 10.2. The van der Waals surface area contributed by atoms with Gasteiger partial charge in [-0.3, -0.25) is 4.79 Å². The molecule has 0 atom stereocenters. The second kappa shape index (κ2) is 8.61. The van der Waals surface area contributed by atoms with E-state index in [4.69, 9.17) is 27.5 Å². The second-order valence-corrected chi connectivity index (χ2v) is 5.04. The molecule has 2 aromatic rings. The largest absolute Gasteiger partial charge is 0.497 e. The number of ether oxygens (including phenoxy) is 2. The number of hydrazone groups is 1. The van der Waals surface area contributed by atoms with Crippen LogP contribution < -0.4 is 14.9 Å². The van der Waals surface area contributed by atoms with Gasteiger partial charge in [0.05, 0.1) is 13.3 Å². The van der Waals surface area contributed by atoms with E-state index in [9.17, 15) is 4.79 Å². The topological polar surface area (TPSA) is 59.9 Å². The maximum Gasteiger partial charge on any atom is 0.271 e. The SMILES string of the molecule is C#CCOc1ccc(OC)cc1/C=N\NC(=O)c1ccc(Cl)cc1. The number of terminal acetylenes is 1. The lowest BCUT2D eigenvalue weighted by molar-refractivity contribution is 0.0955. The Hall–Kier alpha value is -2.97. The summed E-state index contributed by atoms with van der Waals surface area (Å²) in [5.74, 6) is 3.22. The Morgan fingerprint density at radius 2 is 2.08 bits per heavy atom. The summed E-state index contributed by atoms with van der Waals surface area (Å²) in [7, 11) is 1.56. The van der Waals surface area contributed by atoms with Crippen molar-refractivity contribution in [3.8, 4) is 23.8 Å². The molecule has 0 radical (unpaired) electrons. The van der Waals surface area contributed by atoms with Crippen molar-refractivity contribution in [3.63, 3.8) is 0 Å². The van der Waals surface area contributed by atoms with Crippen LogP contribution in [-0.2, 0) is 0 Å². The maximum atomic E-state index is 12.0. The molecule has 0 aliphatic rings. The van der Waals surface area contributed by atoms with Gasteiger partial charge in [0, 0.05) is 16.1 Å². The van der Waals surface area contributed by atoms with Gasteiger partial charge in [-0.05, 0) is 42.5 Å². The van der Waals surface area contributed by atoms with E-state index in [2.05, 4.69) is 16.4 Å². The number of carbonyl (C=O) groups excluding carboxylic acids is 1. The number of carbonyl (C=O) groups is 1. The van der Waals surface area contributed by atoms with E-state index >= 15 is 0 Å². The minimum Gasteiger partial charge on any atom is -0.497 e. The Balaban J connectivity index is 2.11. The molecule has 0 heterocycles. The third-order valence-electron chi connectivity index (χ3n) is 3.00. The van der Waals surface area contributed by atoms with Gasteiger partial charge in [0.25, 0.3) is 5.91 Å². The van der Waals surface area contributed by atoms with Gasteiger partial charge in [-0.25, -0.2) is 5.43 Å². The molecule has 122 valence electrons. The summed E-state index contributed by atoms with van der Waals surface area (Å²) < 4.78 is 10.6. The van der Waals surface area contributed by atoms with Crippen LogP contribution in [0.25, 0.3) is 0 Å². The van der Waals surface area contributed by atoms with E-state index in [-0.39, 0.29) is 12.5 Å². The number of benzene rings is 2. The van der Waals surface area contributed by atoms with Crippen LogP contribution in [0.15, 0.2) is 47.6 Å². The van der Waals surface area contributed by atoms with Crippen LogP contribution in [0.3, 0.4) is 0 Å². The average molecular weight is 343 g/mol. The van der Waals surface area contributed by atoms with Gasteiger partial charge in [-0.15, -0.1) is 6.42 Å². The predicted molar refractivity (Wildman–Crippen MR) is 93.8 cm³/mol. The Bertz CT molecular complexity index is 780. The average Bonchev–Trinajstić information content (AvgIpc) is 2.61. The van der Waals surface area contributed by atoms with Gasteiger partial charge in [0.2, 0.25) is 0 Å². The molecule has 0 fully saturated rings. The number of methoxy groups -OCH3 is 1. The van der Waals surface area contributed by atoms with Gasteiger partial charge < -0.3 is 9.47 Å². The molecule has 1 N–H and O–H groups in total. The highest BCUT2D eigenvalue weighted by Crippen LogP contribution is 2.22. The Morgan fingerprint density at radius 1 is 1.33 bits per heavy atom. The Morgan fingerprint density at radius 3 is 2.75 bits per heavy atom. The molecule has 0 unspecified atom stereocenters. The first-order valence-corrected chi connectivity index (χ1v) is 7.35. The molecule has 1 amide bonds. The van der Waals surface area contributed by atoms with Crippen LogP contribution in [0.1, 0.15) is 15.9 Å². The summed E-state index contributed by atoms with van der Waals surface area (Å²) in [4.78, 5) is 12.0. The van der Waals surface area contributed by atoms with Gasteiger partial charge >= 0.3 is 0 Å². The number of hydrogen-bond acceptors (Lipinski definition) is 4. The van der Waals surface area contributed by atoms with Gasteiger partial charge in [-0.2, -0.15) is 5.10 Å². The van der Waals surface area contributed by atoms with Crippen LogP contribution in [0.4, 0.5) is 0 Å². The molecule has 0 bridgehead atoms. The monoisotopic (exact) mass is 342 g/mol. The molecule has 0 aromatic heterocycles. The summed E-state index contributed by atoms with van der Waals surface area (Å²) in [5.41, 5.74) is 3.51.